The van der Waals surface area contributed by atoms with E-state index >= 15 is 0 Å². The maximum absolute atomic E-state index is 13.4. The van der Waals surface area contributed by atoms with E-state index in [1.54, 1.807) is 12.3 Å². The molecule has 0 N–H and O–H groups in total. The van der Waals surface area contributed by atoms with Crippen LogP contribution < -0.4 is 4.74 Å². The topological polar surface area (TPSA) is 52.1 Å². The number of ether oxygens (including phenoxy) is 1. The van der Waals surface area contributed by atoms with Crippen LogP contribution in [0, 0.1) is 0 Å². The number of carbonyl (C=O) groups is 1. The number of hydrogen-bond donors (Lipinski definition) is 0. The minimum absolute atomic E-state index is 0.0597. The second-order valence-electron chi connectivity index (χ2n) is 7.10. The Kier molecular flexibility index (Phi) is 5.31. The van der Waals surface area contributed by atoms with Crippen LogP contribution in [0.4, 0.5) is 8.78 Å². The van der Waals surface area contributed by atoms with Crippen molar-refractivity contribution in [3.8, 4) is 5.88 Å². The first kappa shape index (κ1) is 19.1. The molecule has 1 aliphatic rings. The minimum atomic E-state index is -2.92. The summed E-state index contributed by atoms with van der Waals surface area (Å²) in [6, 6.07) is 16.5. The SMILES string of the molecule is O=C1c2ccccc2C[N+]1(CCc1ccccn1)Cc1ccc(OC(F)F)nc1. The Morgan fingerprint density at radius 1 is 1.03 bits per heavy atom. The van der Waals surface area contributed by atoms with Crippen LogP contribution in [-0.2, 0) is 19.5 Å². The van der Waals surface area contributed by atoms with Gasteiger partial charge >= 0.3 is 12.5 Å². The van der Waals surface area contributed by atoms with Gasteiger partial charge in [-0.25, -0.2) is 14.3 Å². The summed E-state index contributed by atoms with van der Waals surface area (Å²) in [5.41, 5.74) is 3.46. The number of halogens is 2. The molecule has 3 aromatic rings. The van der Waals surface area contributed by atoms with E-state index in [-0.39, 0.29) is 16.3 Å². The van der Waals surface area contributed by atoms with Crippen LogP contribution in [0.2, 0.25) is 0 Å². The number of amides is 1. The fourth-order valence-electron chi connectivity index (χ4n) is 3.80. The highest BCUT2D eigenvalue weighted by Crippen LogP contribution is 2.32. The van der Waals surface area contributed by atoms with Crippen molar-refractivity contribution in [1.82, 2.24) is 9.97 Å². The molecule has 3 heterocycles. The second-order valence-corrected chi connectivity index (χ2v) is 7.10. The first-order valence-electron chi connectivity index (χ1n) is 9.34. The van der Waals surface area contributed by atoms with Gasteiger partial charge < -0.3 is 4.74 Å². The van der Waals surface area contributed by atoms with Crippen LogP contribution >= 0.6 is 0 Å². The van der Waals surface area contributed by atoms with Crippen molar-refractivity contribution in [2.75, 3.05) is 6.54 Å². The lowest BCUT2D eigenvalue weighted by Crippen LogP contribution is -2.48. The van der Waals surface area contributed by atoms with Gasteiger partial charge in [-0.1, -0.05) is 24.3 Å². The number of carbonyl (C=O) groups excluding carboxylic acids is 1. The molecule has 0 spiro atoms. The molecule has 0 bridgehead atoms. The van der Waals surface area contributed by atoms with Crippen molar-refractivity contribution in [3.05, 3.63) is 89.4 Å². The number of quaternary nitrogens is 1. The third kappa shape index (κ3) is 4.14. The van der Waals surface area contributed by atoms with Gasteiger partial charge in [-0.2, -0.15) is 8.78 Å². The van der Waals surface area contributed by atoms with E-state index in [1.807, 2.05) is 42.5 Å². The summed E-state index contributed by atoms with van der Waals surface area (Å²) >= 11 is 0. The zero-order valence-corrected chi connectivity index (χ0v) is 15.7. The number of nitrogens with zero attached hydrogens (tertiary/aromatic N) is 3. The highest BCUT2D eigenvalue weighted by Gasteiger charge is 2.45. The van der Waals surface area contributed by atoms with E-state index in [9.17, 15) is 13.6 Å². The van der Waals surface area contributed by atoms with Gasteiger partial charge in [-0.3, -0.25) is 4.98 Å². The van der Waals surface area contributed by atoms with Crippen molar-refractivity contribution < 1.29 is 22.8 Å². The van der Waals surface area contributed by atoms with Crippen LogP contribution in [0.15, 0.2) is 67.0 Å². The number of hydrogen-bond acceptors (Lipinski definition) is 4. The van der Waals surface area contributed by atoms with Gasteiger partial charge in [0.25, 0.3) is 0 Å². The zero-order valence-electron chi connectivity index (χ0n) is 15.7. The molecule has 0 radical (unpaired) electrons. The Morgan fingerprint density at radius 3 is 2.55 bits per heavy atom. The van der Waals surface area contributed by atoms with E-state index in [4.69, 9.17) is 0 Å². The fourth-order valence-corrected chi connectivity index (χ4v) is 3.80. The monoisotopic (exact) mass is 396 g/mol. The molecule has 0 fully saturated rings. The Labute approximate surface area is 167 Å². The smallest absolute Gasteiger partial charge is 0.388 e. The van der Waals surface area contributed by atoms with Crippen molar-refractivity contribution in [1.29, 1.82) is 0 Å². The first-order chi connectivity index (χ1) is 14.1. The molecule has 7 heteroatoms. The van der Waals surface area contributed by atoms with Gasteiger partial charge in [0.15, 0.2) is 0 Å². The molecule has 1 amide bonds. The molecule has 5 nitrogen and oxygen atoms in total. The fraction of sp³-hybridized carbons (Fsp3) is 0.227. The molecule has 1 unspecified atom stereocenters. The number of aromatic nitrogens is 2. The van der Waals surface area contributed by atoms with Gasteiger partial charge in [-0.15, -0.1) is 0 Å². The van der Waals surface area contributed by atoms with E-state index in [0.29, 0.717) is 26.1 Å². The minimum Gasteiger partial charge on any atom is -0.417 e. The van der Waals surface area contributed by atoms with Crippen molar-refractivity contribution in [2.24, 2.45) is 0 Å². The van der Waals surface area contributed by atoms with Crippen LogP contribution in [-0.4, -0.2) is 33.5 Å². The quantitative estimate of drug-likeness (QED) is 0.567. The highest BCUT2D eigenvalue weighted by atomic mass is 19.3. The van der Waals surface area contributed by atoms with Crippen LogP contribution in [0.5, 0.6) is 5.88 Å². The third-order valence-corrected chi connectivity index (χ3v) is 5.17. The summed E-state index contributed by atoms with van der Waals surface area (Å²) in [7, 11) is 0. The van der Waals surface area contributed by atoms with Gasteiger partial charge in [0.1, 0.15) is 13.1 Å². The average molecular weight is 396 g/mol. The maximum Gasteiger partial charge on any atom is 0.388 e. The number of rotatable bonds is 7. The predicted octanol–water partition coefficient (Wildman–Crippen LogP) is 3.99. The van der Waals surface area contributed by atoms with Gasteiger partial charge in [0.2, 0.25) is 5.88 Å². The Hall–Kier alpha value is -3.19. The second kappa shape index (κ2) is 8.05. The number of benzene rings is 1. The molecule has 0 aliphatic carbocycles. The van der Waals surface area contributed by atoms with Gasteiger partial charge in [0.05, 0.1) is 12.1 Å². The molecular formula is C22H20F2N3O2+. The lowest BCUT2D eigenvalue weighted by Gasteiger charge is -2.31. The molecule has 1 aliphatic heterocycles. The van der Waals surface area contributed by atoms with Crippen LogP contribution in [0.1, 0.15) is 27.2 Å². The van der Waals surface area contributed by atoms with E-state index < -0.39 is 6.61 Å². The maximum atomic E-state index is 13.4. The number of alkyl halides is 2. The first-order valence-corrected chi connectivity index (χ1v) is 9.34. The highest BCUT2D eigenvalue weighted by molar-refractivity contribution is 5.92. The van der Waals surface area contributed by atoms with Crippen molar-refractivity contribution in [3.63, 3.8) is 0 Å². The summed E-state index contributed by atoms with van der Waals surface area (Å²) in [6.07, 6.45) is 3.89. The van der Waals surface area contributed by atoms with Gasteiger partial charge in [0, 0.05) is 41.7 Å². The third-order valence-electron chi connectivity index (χ3n) is 5.17. The van der Waals surface area contributed by atoms with Crippen molar-refractivity contribution >= 4 is 5.91 Å². The molecular weight excluding hydrogens is 376 g/mol. The summed E-state index contributed by atoms with van der Waals surface area (Å²) in [6.45, 7) is -1.33. The molecule has 148 valence electrons. The van der Waals surface area contributed by atoms with Gasteiger partial charge in [-0.05, 0) is 24.3 Å². The Morgan fingerprint density at radius 2 is 1.86 bits per heavy atom. The molecule has 1 aromatic carbocycles. The lowest BCUT2D eigenvalue weighted by molar-refractivity contribution is -0.871. The molecule has 0 saturated carbocycles. The molecule has 29 heavy (non-hydrogen) atoms. The predicted molar refractivity (Wildman–Crippen MR) is 102 cm³/mol. The zero-order chi connectivity index (χ0) is 20.3. The summed E-state index contributed by atoms with van der Waals surface area (Å²) in [4.78, 5) is 21.7. The molecule has 2 aromatic heterocycles. The molecule has 4 rings (SSSR count). The molecule has 0 saturated heterocycles. The standard InChI is InChI=1S/C22H20F2N3O2/c23-22(24)29-20-9-8-16(13-26-20)14-27(12-10-18-6-3-4-11-25-18)15-17-5-1-2-7-19(17)21(27)28/h1-9,11,13,22H,10,12,14-15H2/q+1. The van der Waals surface area contributed by atoms with Crippen LogP contribution in [0.25, 0.3) is 0 Å². The summed E-state index contributed by atoms with van der Waals surface area (Å²) in [5, 5.41) is 0. The average Bonchev–Trinajstić information content (AvgIpc) is 3.01. The van der Waals surface area contributed by atoms with Crippen LogP contribution in [0.3, 0.4) is 0 Å². The Balaban J connectivity index is 1.60. The normalized spacial score (nSPS) is 18.1. The lowest BCUT2D eigenvalue weighted by atomic mass is 10.1. The number of fused-ring (bicyclic) bond motifs is 1. The summed E-state index contributed by atoms with van der Waals surface area (Å²) in [5.74, 6) is -0.0794. The van der Waals surface area contributed by atoms with E-state index in [2.05, 4.69) is 14.7 Å². The number of pyridine rings is 2. The Bertz CT molecular complexity index is 996. The largest absolute Gasteiger partial charge is 0.417 e. The summed E-state index contributed by atoms with van der Waals surface area (Å²) < 4.78 is 29.2. The van der Waals surface area contributed by atoms with E-state index in [1.165, 1.54) is 12.3 Å². The van der Waals surface area contributed by atoms with E-state index in [0.717, 1.165) is 22.4 Å². The van der Waals surface area contributed by atoms with Crippen molar-refractivity contribution in [2.45, 2.75) is 26.1 Å². The molecule has 1 atom stereocenters.